The van der Waals surface area contributed by atoms with Crippen molar-refractivity contribution in [1.29, 1.82) is 0 Å². The number of alkyl halides is 3. The van der Waals surface area contributed by atoms with E-state index in [0.717, 1.165) is 43.9 Å². The number of halogens is 3. The number of nitrogens with zero attached hydrogens (tertiary/aromatic N) is 7. The third-order valence-corrected chi connectivity index (χ3v) is 4.93. The summed E-state index contributed by atoms with van der Waals surface area (Å²) in [6, 6.07) is 5.31. The van der Waals surface area contributed by atoms with Gasteiger partial charge in [0.1, 0.15) is 0 Å². The third kappa shape index (κ3) is 4.54. The van der Waals surface area contributed by atoms with Gasteiger partial charge in [0.05, 0.1) is 12.1 Å². The second-order valence-corrected chi connectivity index (χ2v) is 7.11. The second-order valence-electron chi connectivity index (χ2n) is 7.11. The van der Waals surface area contributed by atoms with E-state index in [1.54, 1.807) is 0 Å². The fourth-order valence-corrected chi connectivity index (χ4v) is 3.34. The molecular formula is C18H20F3N9. The number of hydrogen-bond donors (Lipinski definition) is 2. The number of rotatable bonds is 4. The van der Waals surface area contributed by atoms with Crippen LogP contribution >= 0.6 is 0 Å². The first-order chi connectivity index (χ1) is 14.3. The Balaban J connectivity index is 1.33. The van der Waals surface area contributed by atoms with E-state index in [-0.39, 0.29) is 17.4 Å². The normalized spacial score (nSPS) is 16.2. The summed E-state index contributed by atoms with van der Waals surface area (Å²) >= 11 is 0. The van der Waals surface area contributed by atoms with Gasteiger partial charge in [0.25, 0.3) is 0 Å². The average molecular weight is 419 g/mol. The second kappa shape index (κ2) is 7.95. The van der Waals surface area contributed by atoms with Crippen molar-refractivity contribution < 1.29 is 13.2 Å². The zero-order chi connectivity index (χ0) is 21.3. The molecule has 30 heavy (non-hydrogen) atoms. The van der Waals surface area contributed by atoms with E-state index in [0.29, 0.717) is 24.4 Å². The summed E-state index contributed by atoms with van der Waals surface area (Å²) in [4.78, 5) is 16.6. The molecule has 1 fully saturated rings. The zero-order valence-corrected chi connectivity index (χ0v) is 16.0. The maximum absolute atomic E-state index is 12.7. The highest BCUT2D eigenvalue weighted by Gasteiger charge is 2.30. The third-order valence-electron chi connectivity index (χ3n) is 4.93. The molecule has 2 aromatic heterocycles. The molecule has 0 spiro atoms. The molecule has 3 heterocycles. The maximum atomic E-state index is 12.7. The lowest BCUT2D eigenvalue weighted by Crippen LogP contribution is -2.45. The Morgan fingerprint density at radius 2 is 1.47 bits per heavy atom. The number of anilines is 2. The Morgan fingerprint density at radius 1 is 0.833 bits per heavy atom. The van der Waals surface area contributed by atoms with Gasteiger partial charge < -0.3 is 11.5 Å². The van der Waals surface area contributed by atoms with Gasteiger partial charge in [0.15, 0.2) is 17.2 Å². The van der Waals surface area contributed by atoms with Crippen LogP contribution in [-0.4, -0.2) is 61.1 Å². The van der Waals surface area contributed by atoms with Crippen LogP contribution in [0.4, 0.5) is 24.9 Å². The number of benzene rings is 1. The van der Waals surface area contributed by atoms with Crippen molar-refractivity contribution in [2.45, 2.75) is 19.3 Å². The molecule has 1 aliphatic rings. The summed E-state index contributed by atoms with van der Waals surface area (Å²) in [6.07, 6.45) is -4.31. The first-order valence-corrected chi connectivity index (χ1v) is 9.31. The SMILES string of the molecule is Nc1nc(N)c2nc(CN3CCN(Cc4ccc(C(F)(F)F)cc4)CC3)nnc2n1. The minimum atomic E-state index is -4.31. The lowest BCUT2D eigenvalue weighted by molar-refractivity contribution is -0.137. The fourth-order valence-electron chi connectivity index (χ4n) is 3.34. The largest absolute Gasteiger partial charge is 0.416 e. The lowest BCUT2D eigenvalue weighted by Gasteiger charge is -2.34. The van der Waals surface area contributed by atoms with Crippen molar-refractivity contribution in [2.24, 2.45) is 0 Å². The van der Waals surface area contributed by atoms with Crippen LogP contribution in [0.25, 0.3) is 11.2 Å². The van der Waals surface area contributed by atoms with E-state index in [9.17, 15) is 13.2 Å². The summed E-state index contributed by atoms with van der Waals surface area (Å²) in [6.45, 7) is 4.22. The van der Waals surface area contributed by atoms with Crippen molar-refractivity contribution in [2.75, 3.05) is 37.6 Å². The van der Waals surface area contributed by atoms with Crippen molar-refractivity contribution in [3.63, 3.8) is 0 Å². The molecule has 12 heteroatoms. The van der Waals surface area contributed by atoms with Crippen LogP contribution in [0, 0.1) is 0 Å². The first kappa shape index (κ1) is 20.2. The molecule has 0 radical (unpaired) electrons. The summed E-state index contributed by atoms with van der Waals surface area (Å²) < 4.78 is 38.0. The Bertz CT molecular complexity index is 1030. The number of fused-ring (bicyclic) bond motifs is 1. The van der Waals surface area contributed by atoms with Gasteiger partial charge in [-0.05, 0) is 17.7 Å². The van der Waals surface area contributed by atoms with E-state index >= 15 is 0 Å². The number of nitrogen functional groups attached to an aromatic ring is 2. The Kier molecular flexibility index (Phi) is 5.35. The van der Waals surface area contributed by atoms with E-state index in [1.807, 2.05) is 0 Å². The van der Waals surface area contributed by atoms with E-state index in [4.69, 9.17) is 11.5 Å². The molecule has 0 bridgehead atoms. The summed E-state index contributed by atoms with van der Waals surface area (Å²) in [5.41, 5.74) is 12.2. The number of piperazine rings is 1. The Morgan fingerprint density at radius 3 is 2.10 bits per heavy atom. The van der Waals surface area contributed by atoms with Crippen LogP contribution in [0.5, 0.6) is 0 Å². The molecule has 4 rings (SSSR count). The standard InChI is InChI=1S/C18H20F3N9/c19-18(20,21)12-3-1-11(2-4-12)9-29-5-7-30(8-6-29)10-13-24-14-15(22)25-17(23)26-16(14)28-27-13/h1-4H,5-10H2,(H4,22,23,25,26,28). The van der Waals surface area contributed by atoms with Gasteiger partial charge in [-0.3, -0.25) is 9.80 Å². The molecule has 0 unspecified atom stereocenters. The molecule has 9 nitrogen and oxygen atoms in total. The van der Waals surface area contributed by atoms with Gasteiger partial charge >= 0.3 is 6.18 Å². The smallest absolute Gasteiger partial charge is 0.382 e. The van der Waals surface area contributed by atoms with Gasteiger partial charge in [-0.25, -0.2) is 4.98 Å². The van der Waals surface area contributed by atoms with Gasteiger partial charge in [0, 0.05) is 32.7 Å². The quantitative estimate of drug-likeness (QED) is 0.644. The topological polar surface area (TPSA) is 123 Å². The van der Waals surface area contributed by atoms with Crippen LogP contribution < -0.4 is 11.5 Å². The lowest BCUT2D eigenvalue weighted by atomic mass is 10.1. The van der Waals surface area contributed by atoms with Crippen molar-refractivity contribution in [3.8, 4) is 0 Å². The van der Waals surface area contributed by atoms with Crippen LogP contribution in [0.15, 0.2) is 24.3 Å². The number of nitrogens with two attached hydrogens (primary N) is 2. The average Bonchev–Trinajstić information content (AvgIpc) is 2.70. The first-order valence-electron chi connectivity index (χ1n) is 9.31. The zero-order valence-electron chi connectivity index (χ0n) is 16.0. The number of hydrogen-bond acceptors (Lipinski definition) is 9. The molecular weight excluding hydrogens is 399 g/mol. The van der Waals surface area contributed by atoms with E-state index in [1.165, 1.54) is 12.1 Å². The predicted molar refractivity (Wildman–Crippen MR) is 104 cm³/mol. The van der Waals surface area contributed by atoms with Crippen molar-refractivity contribution in [3.05, 3.63) is 41.2 Å². The molecule has 1 aliphatic heterocycles. The van der Waals surface area contributed by atoms with E-state index < -0.39 is 11.7 Å². The van der Waals surface area contributed by atoms with Crippen molar-refractivity contribution in [1.82, 2.24) is 34.9 Å². The molecule has 0 aliphatic carbocycles. The highest BCUT2D eigenvalue weighted by molar-refractivity contribution is 5.81. The molecule has 4 N–H and O–H groups in total. The minimum absolute atomic E-state index is 0.0213. The molecule has 158 valence electrons. The molecule has 0 atom stereocenters. The molecule has 0 saturated carbocycles. The Labute approximate surface area is 169 Å². The highest BCUT2D eigenvalue weighted by Crippen LogP contribution is 2.29. The van der Waals surface area contributed by atoms with Crippen molar-refractivity contribution >= 4 is 22.9 Å². The van der Waals surface area contributed by atoms with E-state index in [2.05, 4.69) is 34.9 Å². The number of aromatic nitrogens is 5. The predicted octanol–water partition coefficient (Wildman–Crippen LogP) is 1.32. The van der Waals surface area contributed by atoms with Gasteiger partial charge in [-0.1, -0.05) is 12.1 Å². The summed E-state index contributed by atoms with van der Waals surface area (Å²) in [5, 5.41) is 8.11. The van der Waals surface area contributed by atoms with Gasteiger partial charge in [-0.15, -0.1) is 10.2 Å². The summed E-state index contributed by atoms with van der Waals surface area (Å²) in [5.74, 6) is 0.696. The summed E-state index contributed by atoms with van der Waals surface area (Å²) in [7, 11) is 0. The van der Waals surface area contributed by atoms with Crippen LogP contribution in [0.3, 0.4) is 0 Å². The van der Waals surface area contributed by atoms with Crippen LogP contribution in [0.1, 0.15) is 17.0 Å². The van der Waals surface area contributed by atoms with Crippen LogP contribution in [-0.2, 0) is 19.3 Å². The van der Waals surface area contributed by atoms with Gasteiger partial charge in [0.2, 0.25) is 11.6 Å². The Hall–Kier alpha value is -3.12. The monoisotopic (exact) mass is 419 g/mol. The molecule has 3 aromatic rings. The van der Waals surface area contributed by atoms with Crippen LogP contribution in [0.2, 0.25) is 0 Å². The van der Waals surface area contributed by atoms with Gasteiger partial charge in [-0.2, -0.15) is 23.1 Å². The fraction of sp³-hybridized carbons (Fsp3) is 0.389. The molecule has 1 saturated heterocycles. The highest BCUT2D eigenvalue weighted by atomic mass is 19.4. The molecule has 0 amide bonds. The molecule has 1 aromatic carbocycles. The maximum Gasteiger partial charge on any atom is 0.416 e. The minimum Gasteiger partial charge on any atom is -0.382 e.